The third kappa shape index (κ3) is 5.84. The summed E-state index contributed by atoms with van der Waals surface area (Å²) in [5, 5.41) is 4.03. The molecular formula is C22H28N2O3S. The Morgan fingerprint density at radius 3 is 2.71 bits per heavy atom. The minimum atomic E-state index is 0.214. The van der Waals surface area contributed by atoms with E-state index in [9.17, 15) is 0 Å². The number of rotatable bonds is 8. The molecule has 0 radical (unpaired) electrons. The molecule has 0 aromatic heterocycles. The molecular weight excluding hydrogens is 372 g/mol. The number of methoxy groups -OCH3 is 1. The lowest BCUT2D eigenvalue weighted by Gasteiger charge is -2.28. The van der Waals surface area contributed by atoms with Crippen LogP contribution in [0.25, 0.3) is 0 Å². The molecule has 28 heavy (non-hydrogen) atoms. The molecule has 3 rings (SSSR count). The first-order chi connectivity index (χ1) is 13.7. The van der Waals surface area contributed by atoms with Crippen molar-refractivity contribution in [1.82, 2.24) is 4.90 Å². The lowest BCUT2D eigenvalue weighted by Crippen LogP contribution is -2.39. The Kier molecular flexibility index (Phi) is 7.51. The number of nitrogens with zero attached hydrogens (tertiary/aromatic N) is 1. The molecule has 150 valence electrons. The van der Waals surface area contributed by atoms with E-state index in [1.54, 1.807) is 7.11 Å². The van der Waals surface area contributed by atoms with Crippen LogP contribution in [0.2, 0.25) is 0 Å². The van der Waals surface area contributed by atoms with Crippen molar-refractivity contribution in [2.24, 2.45) is 0 Å². The molecule has 2 aromatic carbocycles. The third-order valence-electron chi connectivity index (χ3n) is 4.66. The first-order valence-corrected chi connectivity index (χ1v) is 10.1. The molecule has 5 nitrogen and oxygen atoms in total. The molecule has 2 aromatic rings. The number of hydrogen-bond acceptors (Lipinski definition) is 4. The number of thiocarbonyl (C=S) groups is 1. The zero-order valence-electron chi connectivity index (χ0n) is 16.5. The molecule has 1 N–H and O–H groups in total. The minimum absolute atomic E-state index is 0.214. The molecule has 1 atom stereocenters. The van der Waals surface area contributed by atoms with Gasteiger partial charge in [0.15, 0.2) is 5.11 Å². The van der Waals surface area contributed by atoms with Gasteiger partial charge in [0.2, 0.25) is 0 Å². The van der Waals surface area contributed by atoms with Gasteiger partial charge in [0.05, 0.1) is 19.8 Å². The van der Waals surface area contributed by atoms with Crippen LogP contribution in [0.15, 0.2) is 48.5 Å². The van der Waals surface area contributed by atoms with E-state index >= 15 is 0 Å². The Labute approximate surface area is 172 Å². The van der Waals surface area contributed by atoms with E-state index < -0.39 is 0 Å². The van der Waals surface area contributed by atoms with Gasteiger partial charge < -0.3 is 24.4 Å². The van der Waals surface area contributed by atoms with Crippen molar-refractivity contribution in [3.05, 3.63) is 54.1 Å². The molecule has 0 saturated carbocycles. The van der Waals surface area contributed by atoms with E-state index in [0.717, 1.165) is 48.7 Å². The highest BCUT2D eigenvalue weighted by molar-refractivity contribution is 7.80. The highest BCUT2D eigenvalue weighted by Gasteiger charge is 2.21. The predicted octanol–water partition coefficient (Wildman–Crippen LogP) is 4.47. The first-order valence-electron chi connectivity index (χ1n) is 9.71. The standard InChI is InChI=1S/C22H28N2O3S/c1-3-26-19-11-9-18(10-12-19)23-22(28)24(16-21-8-5-13-27-21)15-17-6-4-7-20(14-17)25-2/h4,6-7,9-12,14,21H,3,5,8,13,15-16H2,1-2H3,(H,23,28). The van der Waals surface area contributed by atoms with Gasteiger partial charge in [-0.15, -0.1) is 0 Å². The monoisotopic (exact) mass is 400 g/mol. The van der Waals surface area contributed by atoms with Gasteiger partial charge in [-0.05, 0) is 73.9 Å². The molecule has 1 fully saturated rings. The summed E-state index contributed by atoms with van der Waals surface area (Å²) in [4.78, 5) is 2.16. The second-order valence-electron chi connectivity index (χ2n) is 6.75. The highest BCUT2D eigenvalue weighted by Crippen LogP contribution is 2.20. The summed E-state index contributed by atoms with van der Waals surface area (Å²) < 4.78 is 16.7. The lowest BCUT2D eigenvalue weighted by molar-refractivity contribution is 0.0905. The largest absolute Gasteiger partial charge is 0.497 e. The average molecular weight is 401 g/mol. The Morgan fingerprint density at radius 2 is 2.04 bits per heavy atom. The zero-order valence-corrected chi connectivity index (χ0v) is 17.3. The summed E-state index contributed by atoms with van der Waals surface area (Å²) in [5.41, 5.74) is 2.09. The number of nitrogens with one attached hydrogen (secondary N) is 1. The maximum atomic E-state index is 5.84. The van der Waals surface area contributed by atoms with Crippen LogP contribution in [0.1, 0.15) is 25.3 Å². The van der Waals surface area contributed by atoms with Crippen molar-refractivity contribution in [3.63, 3.8) is 0 Å². The molecule has 0 bridgehead atoms. The van der Waals surface area contributed by atoms with Gasteiger partial charge in [0, 0.05) is 25.4 Å². The number of ether oxygens (including phenoxy) is 3. The Bertz CT molecular complexity index is 761. The highest BCUT2D eigenvalue weighted by atomic mass is 32.1. The van der Waals surface area contributed by atoms with Crippen molar-refractivity contribution < 1.29 is 14.2 Å². The molecule has 1 unspecified atom stereocenters. The maximum absolute atomic E-state index is 5.84. The van der Waals surface area contributed by atoms with Gasteiger partial charge >= 0.3 is 0 Å². The van der Waals surface area contributed by atoms with E-state index in [1.807, 2.05) is 49.4 Å². The van der Waals surface area contributed by atoms with Gasteiger partial charge in [-0.3, -0.25) is 0 Å². The van der Waals surface area contributed by atoms with E-state index in [-0.39, 0.29) is 6.10 Å². The molecule has 1 saturated heterocycles. The first kappa shape index (κ1) is 20.4. The van der Waals surface area contributed by atoms with Gasteiger partial charge in [0.1, 0.15) is 11.5 Å². The zero-order chi connectivity index (χ0) is 19.8. The van der Waals surface area contributed by atoms with Crippen LogP contribution < -0.4 is 14.8 Å². The maximum Gasteiger partial charge on any atom is 0.173 e. The van der Waals surface area contributed by atoms with Gasteiger partial charge in [-0.1, -0.05) is 12.1 Å². The van der Waals surface area contributed by atoms with E-state index in [2.05, 4.69) is 16.3 Å². The fraction of sp³-hybridized carbons (Fsp3) is 0.409. The minimum Gasteiger partial charge on any atom is -0.497 e. The van der Waals surface area contributed by atoms with Crippen LogP contribution in [0.4, 0.5) is 5.69 Å². The van der Waals surface area contributed by atoms with Crippen LogP contribution in [-0.4, -0.2) is 43.0 Å². The van der Waals surface area contributed by atoms with Crippen molar-refractivity contribution in [3.8, 4) is 11.5 Å². The van der Waals surface area contributed by atoms with Crippen LogP contribution in [0.5, 0.6) is 11.5 Å². The number of hydrogen-bond donors (Lipinski definition) is 1. The van der Waals surface area contributed by atoms with Crippen LogP contribution in [0.3, 0.4) is 0 Å². The van der Waals surface area contributed by atoms with E-state index in [1.165, 1.54) is 0 Å². The Balaban J connectivity index is 1.69. The molecule has 6 heteroatoms. The molecule has 1 aliphatic heterocycles. The quantitative estimate of drug-likeness (QED) is 0.660. The predicted molar refractivity (Wildman–Crippen MR) is 116 cm³/mol. The number of benzene rings is 2. The van der Waals surface area contributed by atoms with Crippen molar-refractivity contribution in [1.29, 1.82) is 0 Å². The second-order valence-corrected chi connectivity index (χ2v) is 7.14. The summed E-state index contributed by atoms with van der Waals surface area (Å²) in [5.74, 6) is 1.70. The topological polar surface area (TPSA) is 43.0 Å². The molecule has 0 spiro atoms. The summed E-state index contributed by atoms with van der Waals surface area (Å²) in [6.45, 7) is 4.92. The lowest BCUT2D eigenvalue weighted by atomic mass is 10.2. The Morgan fingerprint density at radius 1 is 1.21 bits per heavy atom. The van der Waals surface area contributed by atoms with Gasteiger partial charge in [-0.25, -0.2) is 0 Å². The SMILES string of the molecule is CCOc1ccc(NC(=S)N(Cc2cccc(OC)c2)CC2CCCO2)cc1. The van der Waals surface area contributed by atoms with Crippen molar-refractivity contribution in [2.75, 3.05) is 32.2 Å². The smallest absolute Gasteiger partial charge is 0.173 e. The fourth-order valence-corrected chi connectivity index (χ4v) is 3.51. The van der Waals surface area contributed by atoms with Crippen LogP contribution >= 0.6 is 12.2 Å². The molecule has 1 heterocycles. The van der Waals surface area contributed by atoms with E-state index in [4.69, 9.17) is 26.4 Å². The van der Waals surface area contributed by atoms with Gasteiger partial charge in [-0.2, -0.15) is 0 Å². The Hall–Kier alpha value is -2.31. The third-order valence-corrected chi connectivity index (χ3v) is 5.02. The molecule has 1 aliphatic rings. The van der Waals surface area contributed by atoms with E-state index in [0.29, 0.717) is 18.3 Å². The van der Waals surface area contributed by atoms with Crippen molar-refractivity contribution >= 4 is 23.0 Å². The van der Waals surface area contributed by atoms with Crippen LogP contribution in [0, 0.1) is 0 Å². The average Bonchev–Trinajstić information content (AvgIpc) is 3.22. The second kappa shape index (κ2) is 10.3. The normalized spacial score (nSPS) is 15.9. The molecule has 0 aliphatic carbocycles. The van der Waals surface area contributed by atoms with Crippen molar-refractivity contribution in [2.45, 2.75) is 32.4 Å². The summed E-state index contributed by atoms with van der Waals surface area (Å²) in [7, 11) is 1.68. The summed E-state index contributed by atoms with van der Waals surface area (Å²) in [6, 6.07) is 15.9. The summed E-state index contributed by atoms with van der Waals surface area (Å²) >= 11 is 5.73. The molecule has 0 amide bonds. The number of anilines is 1. The summed E-state index contributed by atoms with van der Waals surface area (Å²) in [6.07, 6.45) is 2.39. The van der Waals surface area contributed by atoms with Crippen LogP contribution in [-0.2, 0) is 11.3 Å². The van der Waals surface area contributed by atoms with Gasteiger partial charge in [0.25, 0.3) is 0 Å². The fourth-order valence-electron chi connectivity index (χ4n) is 3.25.